The van der Waals surface area contributed by atoms with Crippen LogP contribution in [0.2, 0.25) is 0 Å². The lowest BCUT2D eigenvalue weighted by Crippen LogP contribution is -2.37. The lowest BCUT2D eigenvalue weighted by molar-refractivity contribution is 0.0704. The summed E-state index contributed by atoms with van der Waals surface area (Å²) in [5.41, 5.74) is 2.84. The van der Waals surface area contributed by atoms with E-state index < -0.39 is 0 Å². The fourth-order valence-corrected chi connectivity index (χ4v) is 3.70. The van der Waals surface area contributed by atoms with Gasteiger partial charge in [0, 0.05) is 34.6 Å². The van der Waals surface area contributed by atoms with Gasteiger partial charge in [0.25, 0.3) is 5.91 Å². The number of likely N-dealkylation sites (tertiary alicyclic amines) is 1. The summed E-state index contributed by atoms with van der Waals surface area (Å²) < 4.78 is 6.51. The van der Waals surface area contributed by atoms with Crippen molar-refractivity contribution in [1.29, 1.82) is 0 Å². The Labute approximate surface area is 166 Å². The number of carbonyl (C=O) groups excluding carboxylic acids is 1. The molecule has 4 rings (SSSR count). The van der Waals surface area contributed by atoms with Gasteiger partial charge >= 0.3 is 0 Å². The minimum atomic E-state index is 0.0760. The Bertz CT molecular complexity index is 944. The van der Waals surface area contributed by atoms with Gasteiger partial charge in [0.15, 0.2) is 0 Å². The van der Waals surface area contributed by atoms with Crippen LogP contribution in [0.5, 0.6) is 0 Å². The monoisotopic (exact) mass is 425 g/mol. The number of piperidine rings is 1. The lowest BCUT2D eigenvalue weighted by atomic mass is 9.96. The minimum Gasteiger partial charge on any atom is -0.339 e. The molecule has 0 saturated carbocycles. The van der Waals surface area contributed by atoms with Crippen molar-refractivity contribution in [2.24, 2.45) is 0 Å². The Kier molecular flexibility index (Phi) is 5.07. The van der Waals surface area contributed by atoms with Crippen molar-refractivity contribution >= 4 is 21.8 Å². The van der Waals surface area contributed by atoms with E-state index in [0.29, 0.717) is 24.8 Å². The minimum absolute atomic E-state index is 0.0760. The summed E-state index contributed by atoms with van der Waals surface area (Å²) in [5, 5.41) is 4.16. The van der Waals surface area contributed by atoms with Gasteiger partial charge in [0.1, 0.15) is 0 Å². The van der Waals surface area contributed by atoms with Gasteiger partial charge in [-0.3, -0.25) is 4.79 Å². The molecule has 1 aliphatic heterocycles. The number of halogens is 1. The molecule has 0 N–H and O–H groups in total. The van der Waals surface area contributed by atoms with Crippen LogP contribution in [0.25, 0.3) is 11.4 Å². The molecular formula is C21H20BrN3O2. The number of hydrogen-bond acceptors (Lipinski definition) is 4. The zero-order chi connectivity index (χ0) is 18.8. The van der Waals surface area contributed by atoms with Crippen molar-refractivity contribution in [3.63, 3.8) is 0 Å². The van der Waals surface area contributed by atoms with Gasteiger partial charge in [-0.05, 0) is 49.6 Å². The number of aryl methyl sites for hydroxylation is 1. The predicted octanol–water partition coefficient (Wildman–Crippen LogP) is 4.83. The fourth-order valence-electron chi connectivity index (χ4n) is 3.44. The van der Waals surface area contributed by atoms with Crippen LogP contribution >= 0.6 is 15.9 Å². The normalized spacial score (nSPS) is 15.1. The highest BCUT2D eigenvalue weighted by molar-refractivity contribution is 9.10. The molecule has 5 nitrogen and oxygen atoms in total. The average Bonchev–Trinajstić information content (AvgIpc) is 3.18. The van der Waals surface area contributed by atoms with Gasteiger partial charge in [-0.1, -0.05) is 45.4 Å². The molecule has 138 valence electrons. The Balaban J connectivity index is 1.42. The van der Waals surface area contributed by atoms with Crippen LogP contribution in [0.4, 0.5) is 0 Å². The van der Waals surface area contributed by atoms with Crippen molar-refractivity contribution in [2.45, 2.75) is 25.7 Å². The molecule has 1 aliphatic rings. The molecule has 2 heterocycles. The molecular weight excluding hydrogens is 406 g/mol. The van der Waals surface area contributed by atoms with Gasteiger partial charge < -0.3 is 9.42 Å². The number of carbonyl (C=O) groups is 1. The van der Waals surface area contributed by atoms with E-state index in [0.717, 1.165) is 34.0 Å². The van der Waals surface area contributed by atoms with E-state index in [-0.39, 0.29) is 11.8 Å². The summed E-state index contributed by atoms with van der Waals surface area (Å²) >= 11 is 3.40. The molecule has 1 aromatic heterocycles. The number of hydrogen-bond donors (Lipinski definition) is 0. The highest BCUT2D eigenvalue weighted by Crippen LogP contribution is 2.30. The quantitative estimate of drug-likeness (QED) is 0.602. The standard InChI is InChI=1S/C21H20BrN3O2/c1-14-4-2-3-5-18(14)19-23-20(27-24-19)15-10-12-25(13-11-15)21(26)16-6-8-17(22)9-7-16/h2-9,15H,10-13H2,1H3. The molecule has 1 amide bonds. The molecule has 0 aliphatic carbocycles. The van der Waals surface area contributed by atoms with Crippen LogP contribution in [0, 0.1) is 6.92 Å². The van der Waals surface area contributed by atoms with Crippen LogP contribution in [-0.4, -0.2) is 34.0 Å². The fraction of sp³-hybridized carbons (Fsp3) is 0.286. The number of rotatable bonds is 3. The van der Waals surface area contributed by atoms with Gasteiger partial charge in [-0.15, -0.1) is 0 Å². The summed E-state index contributed by atoms with van der Waals surface area (Å²) in [6, 6.07) is 15.5. The first-order valence-corrected chi connectivity index (χ1v) is 9.85. The van der Waals surface area contributed by atoms with Crippen LogP contribution in [0.15, 0.2) is 57.5 Å². The number of amides is 1. The topological polar surface area (TPSA) is 59.2 Å². The van der Waals surface area contributed by atoms with Crippen LogP contribution < -0.4 is 0 Å². The molecule has 0 unspecified atom stereocenters. The summed E-state index contributed by atoms with van der Waals surface area (Å²) in [6.07, 6.45) is 1.66. The Morgan fingerprint density at radius 2 is 1.81 bits per heavy atom. The molecule has 27 heavy (non-hydrogen) atoms. The van der Waals surface area contributed by atoms with E-state index in [1.807, 2.05) is 60.4 Å². The second-order valence-corrected chi connectivity index (χ2v) is 7.76. The average molecular weight is 426 g/mol. The number of benzene rings is 2. The second kappa shape index (κ2) is 7.64. The van der Waals surface area contributed by atoms with Crippen molar-refractivity contribution in [3.05, 3.63) is 70.0 Å². The maximum Gasteiger partial charge on any atom is 0.253 e. The zero-order valence-corrected chi connectivity index (χ0v) is 16.6. The van der Waals surface area contributed by atoms with Crippen molar-refractivity contribution in [2.75, 3.05) is 13.1 Å². The smallest absolute Gasteiger partial charge is 0.253 e. The van der Waals surface area contributed by atoms with Crippen LogP contribution in [0.1, 0.15) is 40.6 Å². The third-order valence-corrected chi connectivity index (χ3v) is 5.58. The summed E-state index contributed by atoms with van der Waals surface area (Å²) in [5.74, 6) is 1.58. The van der Waals surface area contributed by atoms with E-state index in [9.17, 15) is 4.79 Å². The third-order valence-electron chi connectivity index (χ3n) is 5.05. The molecule has 6 heteroatoms. The summed E-state index contributed by atoms with van der Waals surface area (Å²) in [7, 11) is 0. The van der Waals surface area contributed by atoms with Gasteiger partial charge in [0.2, 0.25) is 11.7 Å². The Morgan fingerprint density at radius 1 is 1.11 bits per heavy atom. The lowest BCUT2D eigenvalue weighted by Gasteiger charge is -2.30. The summed E-state index contributed by atoms with van der Waals surface area (Å²) in [6.45, 7) is 3.43. The maximum absolute atomic E-state index is 12.6. The van der Waals surface area contributed by atoms with E-state index in [4.69, 9.17) is 4.52 Å². The SMILES string of the molecule is Cc1ccccc1-c1noc(C2CCN(C(=O)c3ccc(Br)cc3)CC2)n1. The van der Waals surface area contributed by atoms with E-state index >= 15 is 0 Å². The predicted molar refractivity (Wildman–Crippen MR) is 106 cm³/mol. The van der Waals surface area contributed by atoms with Gasteiger partial charge in [0.05, 0.1) is 0 Å². The molecule has 0 atom stereocenters. The molecule has 0 radical (unpaired) electrons. The first-order valence-electron chi connectivity index (χ1n) is 9.06. The molecule has 1 saturated heterocycles. The second-order valence-electron chi connectivity index (χ2n) is 6.84. The third kappa shape index (κ3) is 3.81. The van der Waals surface area contributed by atoms with Crippen molar-refractivity contribution in [3.8, 4) is 11.4 Å². The van der Waals surface area contributed by atoms with E-state index in [1.54, 1.807) is 0 Å². The number of nitrogens with zero attached hydrogens (tertiary/aromatic N) is 3. The largest absolute Gasteiger partial charge is 0.339 e. The Morgan fingerprint density at radius 3 is 2.52 bits per heavy atom. The molecule has 0 bridgehead atoms. The Hall–Kier alpha value is -2.47. The molecule has 2 aromatic carbocycles. The van der Waals surface area contributed by atoms with E-state index in [1.165, 1.54) is 0 Å². The van der Waals surface area contributed by atoms with Gasteiger partial charge in [-0.2, -0.15) is 4.98 Å². The first-order chi connectivity index (χ1) is 13.1. The van der Waals surface area contributed by atoms with Gasteiger partial charge in [-0.25, -0.2) is 0 Å². The highest BCUT2D eigenvalue weighted by Gasteiger charge is 2.28. The van der Waals surface area contributed by atoms with Crippen LogP contribution in [0.3, 0.4) is 0 Å². The molecule has 3 aromatic rings. The van der Waals surface area contributed by atoms with E-state index in [2.05, 4.69) is 26.1 Å². The highest BCUT2D eigenvalue weighted by atomic mass is 79.9. The maximum atomic E-state index is 12.6. The molecule has 0 spiro atoms. The summed E-state index contributed by atoms with van der Waals surface area (Å²) in [4.78, 5) is 19.2. The molecule has 1 fully saturated rings. The van der Waals surface area contributed by atoms with Crippen molar-refractivity contribution in [1.82, 2.24) is 15.0 Å². The number of aromatic nitrogens is 2. The first kappa shape index (κ1) is 17.9. The zero-order valence-electron chi connectivity index (χ0n) is 15.1. The van der Waals surface area contributed by atoms with Crippen molar-refractivity contribution < 1.29 is 9.32 Å². The van der Waals surface area contributed by atoms with Crippen LogP contribution in [-0.2, 0) is 0 Å².